The van der Waals surface area contributed by atoms with E-state index in [0.29, 0.717) is 12.2 Å². The molecule has 144 valence electrons. The number of nitrogens with one attached hydrogen (secondary N) is 2. The van der Waals surface area contributed by atoms with Gasteiger partial charge in [-0.3, -0.25) is 9.59 Å². The lowest BCUT2D eigenvalue weighted by Crippen LogP contribution is -2.23. The van der Waals surface area contributed by atoms with Crippen molar-refractivity contribution in [3.05, 3.63) is 53.7 Å². The molecule has 2 rings (SSSR count). The molecule has 0 aliphatic carbocycles. The van der Waals surface area contributed by atoms with E-state index in [4.69, 9.17) is 0 Å². The van der Waals surface area contributed by atoms with Crippen molar-refractivity contribution in [3.63, 3.8) is 0 Å². The smallest absolute Gasteiger partial charge is 0.422 e. The predicted octanol–water partition coefficient (Wildman–Crippen LogP) is 3.30. The maximum absolute atomic E-state index is 12.1. The quantitative estimate of drug-likeness (QED) is 0.771. The minimum atomic E-state index is -4.42. The Labute approximate surface area is 153 Å². The summed E-state index contributed by atoms with van der Waals surface area (Å²) in [5, 5.41) is 5.31. The zero-order valence-corrected chi connectivity index (χ0v) is 14.5. The monoisotopic (exact) mass is 381 g/mol. The molecule has 1 aromatic heterocycles. The first kappa shape index (κ1) is 20.2. The molecule has 2 amide bonds. The van der Waals surface area contributed by atoms with Gasteiger partial charge in [0.2, 0.25) is 5.91 Å². The van der Waals surface area contributed by atoms with Crippen LogP contribution in [0.5, 0.6) is 5.75 Å². The molecule has 0 atom stereocenters. The first-order chi connectivity index (χ1) is 12.8. The van der Waals surface area contributed by atoms with Crippen molar-refractivity contribution >= 4 is 17.6 Å². The van der Waals surface area contributed by atoms with Crippen molar-refractivity contribution in [2.24, 2.45) is 0 Å². The molecule has 2 N–H and O–H groups in total. The number of ether oxygens (including phenoxy) is 1. The Hall–Kier alpha value is -3.10. The lowest BCUT2D eigenvalue weighted by Gasteiger charge is -2.10. The molecular formula is C18H18F3N3O3. The summed E-state index contributed by atoms with van der Waals surface area (Å²) in [6.07, 6.45) is -2.58. The molecule has 27 heavy (non-hydrogen) atoms. The van der Waals surface area contributed by atoms with Gasteiger partial charge in [0, 0.05) is 24.7 Å². The van der Waals surface area contributed by atoms with Gasteiger partial charge in [-0.2, -0.15) is 13.2 Å². The van der Waals surface area contributed by atoms with Crippen LogP contribution in [0.1, 0.15) is 29.3 Å². The topological polar surface area (TPSA) is 80.3 Å². The van der Waals surface area contributed by atoms with E-state index in [0.717, 1.165) is 5.56 Å². The number of pyridine rings is 1. The molecule has 0 saturated carbocycles. The molecule has 6 nitrogen and oxygen atoms in total. The van der Waals surface area contributed by atoms with Crippen LogP contribution in [0.3, 0.4) is 0 Å². The molecule has 1 heterocycles. The fourth-order valence-electron chi connectivity index (χ4n) is 2.04. The Bertz CT molecular complexity index is 792. The van der Waals surface area contributed by atoms with Gasteiger partial charge in [0.15, 0.2) is 6.61 Å². The van der Waals surface area contributed by atoms with Gasteiger partial charge >= 0.3 is 6.18 Å². The number of carbonyl (C=O) groups is 2. The van der Waals surface area contributed by atoms with E-state index in [1.54, 1.807) is 19.1 Å². The largest absolute Gasteiger partial charge is 0.484 e. The van der Waals surface area contributed by atoms with Crippen LogP contribution in [-0.4, -0.2) is 29.6 Å². The van der Waals surface area contributed by atoms with E-state index in [2.05, 4.69) is 20.4 Å². The molecule has 0 unspecified atom stereocenters. The Balaban J connectivity index is 1.90. The Kier molecular flexibility index (Phi) is 6.75. The molecule has 0 bridgehead atoms. The van der Waals surface area contributed by atoms with Gasteiger partial charge in [0.25, 0.3) is 5.91 Å². The number of anilines is 1. The first-order valence-electron chi connectivity index (χ1n) is 8.09. The van der Waals surface area contributed by atoms with E-state index in [9.17, 15) is 22.8 Å². The fourth-order valence-corrected chi connectivity index (χ4v) is 2.04. The van der Waals surface area contributed by atoms with Crippen molar-refractivity contribution in [3.8, 4) is 5.75 Å². The molecule has 0 spiro atoms. The summed E-state index contributed by atoms with van der Waals surface area (Å²) in [6, 6.07) is 8.68. The van der Waals surface area contributed by atoms with Crippen LogP contribution in [0.25, 0.3) is 0 Å². The van der Waals surface area contributed by atoms with Crippen LogP contribution in [0.4, 0.5) is 19.0 Å². The fraction of sp³-hybridized carbons (Fsp3) is 0.278. The van der Waals surface area contributed by atoms with Gasteiger partial charge < -0.3 is 15.4 Å². The maximum Gasteiger partial charge on any atom is 0.422 e. The molecule has 0 aliphatic rings. The van der Waals surface area contributed by atoms with Crippen LogP contribution in [0.2, 0.25) is 0 Å². The summed E-state index contributed by atoms with van der Waals surface area (Å²) in [7, 11) is 0. The molecular weight excluding hydrogens is 363 g/mol. The highest BCUT2D eigenvalue weighted by Crippen LogP contribution is 2.19. The van der Waals surface area contributed by atoms with Gasteiger partial charge in [0.05, 0.1) is 0 Å². The summed E-state index contributed by atoms with van der Waals surface area (Å²) in [4.78, 5) is 27.5. The van der Waals surface area contributed by atoms with Crippen LogP contribution >= 0.6 is 0 Å². The minimum absolute atomic E-state index is 0.0225. The third-order valence-corrected chi connectivity index (χ3v) is 3.39. The Morgan fingerprint density at radius 2 is 1.85 bits per heavy atom. The zero-order valence-electron chi connectivity index (χ0n) is 14.5. The summed E-state index contributed by atoms with van der Waals surface area (Å²) in [5.41, 5.74) is 1.01. The number of amides is 2. The summed E-state index contributed by atoms with van der Waals surface area (Å²) in [6.45, 7) is 0.527. The zero-order chi connectivity index (χ0) is 19.9. The van der Waals surface area contributed by atoms with Crippen molar-refractivity contribution in [2.75, 3.05) is 11.9 Å². The number of halogens is 3. The van der Waals surface area contributed by atoms with Crippen LogP contribution < -0.4 is 15.4 Å². The minimum Gasteiger partial charge on any atom is -0.484 e. The molecule has 0 radical (unpaired) electrons. The summed E-state index contributed by atoms with van der Waals surface area (Å²) < 4.78 is 40.9. The van der Waals surface area contributed by atoms with Gasteiger partial charge in [-0.15, -0.1) is 0 Å². The standard InChI is InChI=1S/C18H18F3N3O3/c1-2-16(25)24-15-9-12(7-8-22-15)10-23-17(26)13-3-5-14(6-4-13)27-11-18(19,20)21/h3-9H,2,10-11H2,1H3,(H,23,26)(H,22,24,25). The van der Waals surface area contributed by atoms with Gasteiger partial charge in [0.1, 0.15) is 11.6 Å². The average Bonchev–Trinajstić information content (AvgIpc) is 2.64. The number of carbonyl (C=O) groups excluding carboxylic acids is 2. The van der Waals surface area contributed by atoms with E-state index in [1.165, 1.54) is 30.5 Å². The van der Waals surface area contributed by atoms with Crippen LogP contribution in [0, 0.1) is 0 Å². The SMILES string of the molecule is CCC(=O)Nc1cc(CNC(=O)c2ccc(OCC(F)(F)F)cc2)ccn1. The predicted molar refractivity (Wildman–Crippen MR) is 92.3 cm³/mol. The van der Waals surface area contributed by atoms with E-state index in [1.807, 2.05) is 0 Å². The third kappa shape index (κ3) is 6.96. The summed E-state index contributed by atoms with van der Waals surface area (Å²) in [5.74, 6) is -0.154. The van der Waals surface area contributed by atoms with Gasteiger partial charge in [-0.25, -0.2) is 4.98 Å². The third-order valence-electron chi connectivity index (χ3n) is 3.39. The van der Waals surface area contributed by atoms with Crippen molar-refractivity contribution in [2.45, 2.75) is 26.1 Å². The molecule has 9 heteroatoms. The Morgan fingerprint density at radius 1 is 1.15 bits per heavy atom. The Morgan fingerprint density at radius 3 is 2.48 bits per heavy atom. The number of rotatable bonds is 7. The van der Waals surface area contributed by atoms with Gasteiger partial charge in [-0.05, 0) is 42.0 Å². The van der Waals surface area contributed by atoms with Crippen molar-refractivity contribution in [1.82, 2.24) is 10.3 Å². The second-order valence-corrected chi connectivity index (χ2v) is 5.56. The van der Waals surface area contributed by atoms with Crippen LogP contribution in [0.15, 0.2) is 42.6 Å². The molecule has 1 aromatic carbocycles. The lowest BCUT2D eigenvalue weighted by molar-refractivity contribution is -0.153. The normalized spacial score (nSPS) is 11.0. The molecule has 0 saturated heterocycles. The number of alkyl halides is 3. The van der Waals surface area contributed by atoms with E-state index in [-0.39, 0.29) is 23.8 Å². The first-order valence-corrected chi connectivity index (χ1v) is 8.09. The lowest BCUT2D eigenvalue weighted by atomic mass is 10.2. The number of nitrogens with zero attached hydrogens (tertiary/aromatic N) is 1. The second kappa shape index (κ2) is 9.02. The van der Waals surface area contributed by atoms with Crippen LogP contribution in [-0.2, 0) is 11.3 Å². The highest BCUT2D eigenvalue weighted by molar-refractivity contribution is 5.94. The molecule has 0 fully saturated rings. The van der Waals surface area contributed by atoms with Gasteiger partial charge in [-0.1, -0.05) is 6.92 Å². The number of aromatic nitrogens is 1. The van der Waals surface area contributed by atoms with E-state index >= 15 is 0 Å². The summed E-state index contributed by atoms with van der Waals surface area (Å²) >= 11 is 0. The van der Waals surface area contributed by atoms with Crippen molar-refractivity contribution in [1.29, 1.82) is 0 Å². The maximum atomic E-state index is 12.1. The highest BCUT2D eigenvalue weighted by Gasteiger charge is 2.28. The molecule has 2 aromatic rings. The van der Waals surface area contributed by atoms with Crippen molar-refractivity contribution < 1.29 is 27.5 Å². The van der Waals surface area contributed by atoms with E-state index < -0.39 is 18.7 Å². The number of hydrogen-bond donors (Lipinski definition) is 2. The number of benzene rings is 1. The molecule has 0 aliphatic heterocycles. The highest BCUT2D eigenvalue weighted by atomic mass is 19.4. The average molecular weight is 381 g/mol. The number of hydrogen-bond acceptors (Lipinski definition) is 4. The second-order valence-electron chi connectivity index (χ2n) is 5.56.